The van der Waals surface area contributed by atoms with Crippen molar-refractivity contribution < 1.29 is 0 Å². The molecule has 0 aromatic heterocycles. The van der Waals surface area contributed by atoms with Crippen molar-refractivity contribution in [3.05, 3.63) is 131 Å². The number of aryl methyl sites for hydroxylation is 1. The molecule has 0 aliphatic heterocycles. The maximum Gasteiger partial charge on any atom is -0.0111 e. The fourth-order valence-corrected chi connectivity index (χ4v) is 4.15. The Balaban J connectivity index is 1.41. The Hall–Kier alpha value is -3.90. The summed E-state index contributed by atoms with van der Waals surface area (Å²) < 4.78 is 0. The largest absolute Gasteiger partial charge is 0.0616 e. The van der Waals surface area contributed by atoms with Crippen LogP contribution in [-0.4, -0.2) is 0 Å². The molecule has 0 aliphatic carbocycles. The summed E-state index contributed by atoms with van der Waals surface area (Å²) in [4.78, 5) is 0. The second-order valence-corrected chi connectivity index (χ2v) is 7.92. The molecule has 0 spiro atoms. The van der Waals surface area contributed by atoms with Gasteiger partial charge in [0.15, 0.2) is 0 Å². The summed E-state index contributed by atoms with van der Waals surface area (Å²) in [6.07, 6.45) is 8.85. The molecule has 0 heteroatoms. The maximum absolute atomic E-state index is 2.25. The molecule has 0 aliphatic rings. The highest BCUT2D eigenvalue weighted by Gasteiger charge is 2.00. The van der Waals surface area contributed by atoms with E-state index in [4.69, 9.17) is 0 Å². The topological polar surface area (TPSA) is 0 Å². The smallest absolute Gasteiger partial charge is 0.0111 e. The Morgan fingerprint density at radius 3 is 1.58 bits per heavy atom. The number of fused-ring (bicyclic) bond motifs is 2. The van der Waals surface area contributed by atoms with Gasteiger partial charge in [-0.25, -0.2) is 0 Å². The van der Waals surface area contributed by atoms with Crippen LogP contribution in [0.5, 0.6) is 0 Å². The van der Waals surface area contributed by atoms with E-state index >= 15 is 0 Å². The van der Waals surface area contributed by atoms with Crippen LogP contribution >= 0.6 is 0 Å². The molecule has 0 amide bonds. The third kappa shape index (κ3) is 4.06. The summed E-state index contributed by atoms with van der Waals surface area (Å²) in [6, 6.07) is 36.6. The van der Waals surface area contributed by atoms with Gasteiger partial charge in [0.25, 0.3) is 0 Å². The van der Waals surface area contributed by atoms with Gasteiger partial charge in [-0.1, -0.05) is 127 Å². The zero-order valence-corrected chi connectivity index (χ0v) is 17.6. The summed E-state index contributed by atoms with van der Waals surface area (Å²) in [7, 11) is 0. The molecule has 0 bridgehead atoms. The Labute approximate surface area is 183 Å². The van der Waals surface area contributed by atoms with E-state index in [9.17, 15) is 0 Å². The van der Waals surface area contributed by atoms with E-state index < -0.39 is 0 Å². The SMILES string of the molecule is Cc1cc(C=Cc2cccc3ccccc23)ccc1C=Cc1cccc2ccccc12. The molecule has 0 atom stereocenters. The van der Waals surface area contributed by atoms with Crippen LogP contribution in [0.1, 0.15) is 27.8 Å². The molecular weight excluding hydrogens is 372 g/mol. The number of rotatable bonds is 4. The molecule has 148 valence electrons. The first-order chi connectivity index (χ1) is 15.3. The first-order valence-corrected chi connectivity index (χ1v) is 10.7. The average molecular weight is 397 g/mol. The number of hydrogen-bond acceptors (Lipinski definition) is 0. The molecule has 0 radical (unpaired) electrons. The van der Waals surface area contributed by atoms with Crippen LogP contribution < -0.4 is 0 Å². The van der Waals surface area contributed by atoms with Gasteiger partial charge in [0.1, 0.15) is 0 Å². The van der Waals surface area contributed by atoms with Gasteiger partial charge in [0.2, 0.25) is 0 Å². The zero-order chi connectivity index (χ0) is 21.0. The molecule has 0 heterocycles. The monoisotopic (exact) mass is 396 g/mol. The molecule has 0 saturated heterocycles. The lowest BCUT2D eigenvalue weighted by atomic mass is 10.00. The summed E-state index contributed by atoms with van der Waals surface area (Å²) in [5.74, 6) is 0. The standard InChI is InChI=1S/C31H24/c1-23-22-24(17-19-28-12-6-10-26-8-2-4-14-30(26)28)16-18-25(23)20-21-29-13-7-11-27-9-3-5-15-31(27)29/h2-22H,1H3. The van der Waals surface area contributed by atoms with Gasteiger partial charge in [-0.3, -0.25) is 0 Å². The molecule has 0 nitrogen and oxygen atoms in total. The van der Waals surface area contributed by atoms with Crippen molar-refractivity contribution in [3.8, 4) is 0 Å². The van der Waals surface area contributed by atoms with Crippen molar-refractivity contribution in [3.63, 3.8) is 0 Å². The molecule has 0 unspecified atom stereocenters. The second-order valence-electron chi connectivity index (χ2n) is 7.92. The minimum atomic E-state index is 1.22. The lowest BCUT2D eigenvalue weighted by Crippen LogP contribution is -1.83. The Morgan fingerprint density at radius 2 is 0.968 bits per heavy atom. The van der Waals surface area contributed by atoms with E-state index in [0.29, 0.717) is 0 Å². The highest BCUT2D eigenvalue weighted by Crippen LogP contribution is 2.23. The summed E-state index contributed by atoms with van der Waals surface area (Å²) in [5, 5.41) is 5.12. The van der Waals surface area contributed by atoms with Crippen LogP contribution in [0.3, 0.4) is 0 Å². The van der Waals surface area contributed by atoms with Crippen molar-refractivity contribution in [1.29, 1.82) is 0 Å². The maximum atomic E-state index is 2.25. The van der Waals surface area contributed by atoms with Crippen molar-refractivity contribution in [2.45, 2.75) is 6.92 Å². The first kappa shape index (κ1) is 19.1. The summed E-state index contributed by atoms with van der Waals surface area (Å²) in [6.45, 7) is 2.18. The molecule has 31 heavy (non-hydrogen) atoms. The molecule has 5 rings (SSSR count). The minimum Gasteiger partial charge on any atom is -0.0616 e. The molecule has 0 N–H and O–H groups in total. The first-order valence-electron chi connectivity index (χ1n) is 10.7. The molecule has 5 aromatic carbocycles. The van der Waals surface area contributed by atoms with E-state index in [1.165, 1.54) is 49.4 Å². The average Bonchev–Trinajstić information content (AvgIpc) is 2.82. The fraction of sp³-hybridized carbons (Fsp3) is 0.0323. The van der Waals surface area contributed by atoms with E-state index in [2.05, 4.69) is 134 Å². The minimum absolute atomic E-state index is 1.22. The normalized spacial score (nSPS) is 11.8. The van der Waals surface area contributed by atoms with Crippen molar-refractivity contribution in [2.75, 3.05) is 0 Å². The highest BCUT2D eigenvalue weighted by molar-refractivity contribution is 5.94. The van der Waals surface area contributed by atoms with Gasteiger partial charge in [0, 0.05) is 0 Å². The summed E-state index contributed by atoms with van der Waals surface area (Å²) >= 11 is 0. The Morgan fingerprint density at radius 1 is 0.452 bits per heavy atom. The third-order valence-corrected chi connectivity index (χ3v) is 5.84. The van der Waals surface area contributed by atoms with Crippen molar-refractivity contribution in [1.82, 2.24) is 0 Å². The Kier molecular flexibility index (Phi) is 5.21. The van der Waals surface area contributed by atoms with Crippen LogP contribution in [0.2, 0.25) is 0 Å². The van der Waals surface area contributed by atoms with Gasteiger partial charge < -0.3 is 0 Å². The summed E-state index contributed by atoms with van der Waals surface area (Å²) in [5.41, 5.74) is 6.23. The van der Waals surface area contributed by atoms with Crippen LogP contribution in [-0.2, 0) is 0 Å². The van der Waals surface area contributed by atoms with Crippen LogP contribution in [0.4, 0.5) is 0 Å². The molecule has 5 aromatic rings. The van der Waals surface area contributed by atoms with Gasteiger partial charge in [-0.15, -0.1) is 0 Å². The molecular formula is C31H24. The third-order valence-electron chi connectivity index (χ3n) is 5.84. The predicted octanol–water partition coefficient (Wildman–Crippen LogP) is 8.64. The number of benzene rings is 5. The zero-order valence-electron chi connectivity index (χ0n) is 17.6. The second kappa shape index (κ2) is 8.45. The highest BCUT2D eigenvalue weighted by atomic mass is 14.0. The van der Waals surface area contributed by atoms with Gasteiger partial charge in [0.05, 0.1) is 0 Å². The van der Waals surface area contributed by atoms with Crippen LogP contribution in [0, 0.1) is 6.92 Å². The van der Waals surface area contributed by atoms with Crippen molar-refractivity contribution in [2.24, 2.45) is 0 Å². The van der Waals surface area contributed by atoms with E-state index in [-0.39, 0.29) is 0 Å². The predicted molar refractivity (Wildman–Crippen MR) is 137 cm³/mol. The van der Waals surface area contributed by atoms with Crippen LogP contribution in [0.15, 0.2) is 103 Å². The fourth-order valence-electron chi connectivity index (χ4n) is 4.15. The van der Waals surface area contributed by atoms with Gasteiger partial charge >= 0.3 is 0 Å². The van der Waals surface area contributed by atoms with Gasteiger partial charge in [-0.05, 0) is 56.3 Å². The van der Waals surface area contributed by atoms with E-state index in [0.717, 1.165) is 0 Å². The lowest BCUT2D eigenvalue weighted by Gasteiger charge is -2.05. The van der Waals surface area contributed by atoms with Crippen molar-refractivity contribution >= 4 is 45.8 Å². The molecule has 0 saturated carbocycles. The Bertz CT molecular complexity index is 1420. The molecule has 0 fully saturated rings. The quantitative estimate of drug-likeness (QED) is 0.267. The van der Waals surface area contributed by atoms with Crippen LogP contribution in [0.25, 0.3) is 45.8 Å². The van der Waals surface area contributed by atoms with E-state index in [1.54, 1.807) is 0 Å². The van der Waals surface area contributed by atoms with E-state index in [1.807, 2.05) is 0 Å². The number of hydrogen-bond donors (Lipinski definition) is 0. The van der Waals surface area contributed by atoms with Gasteiger partial charge in [-0.2, -0.15) is 0 Å². The lowest BCUT2D eigenvalue weighted by molar-refractivity contribution is 1.43.